The number of carbonyl (C=O) groups is 2. The molecule has 1 amide bonds. The van der Waals surface area contributed by atoms with Gasteiger partial charge in [0, 0.05) is 6.54 Å². The topological polar surface area (TPSA) is 119 Å². The molecule has 0 radical (unpaired) electrons. The lowest BCUT2D eigenvalue weighted by Crippen LogP contribution is -2.46. The van der Waals surface area contributed by atoms with E-state index in [2.05, 4.69) is 0 Å². The molecule has 130 valence electrons. The van der Waals surface area contributed by atoms with Crippen molar-refractivity contribution in [3.05, 3.63) is 30.3 Å². The van der Waals surface area contributed by atoms with Gasteiger partial charge in [0.25, 0.3) is 5.91 Å². The van der Waals surface area contributed by atoms with Crippen LogP contribution < -0.4 is 16.3 Å². The second-order valence-corrected chi connectivity index (χ2v) is 5.52. The number of amides is 1. The van der Waals surface area contributed by atoms with Gasteiger partial charge in [0.05, 0.1) is 0 Å². The van der Waals surface area contributed by atoms with Crippen LogP contribution in [-0.4, -0.2) is 53.2 Å². The van der Waals surface area contributed by atoms with E-state index >= 15 is 0 Å². The van der Waals surface area contributed by atoms with Crippen molar-refractivity contribution in [1.29, 1.82) is 0 Å². The second kappa shape index (κ2) is 12.7. The normalized spacial score (nSPS) is 11.3. The number of hydrogen-bond acceptors (Lipinski definition) is 6. The number of benzene rings is 1. The van der Waals surface area contributed by atoms with Gasteiger partial charge in [-0.1, -0.05) is 25.1 Å². The Labute approximate surface area is 140 Å². The number of hydrogen-bond donors (Lipinski definition) is 3. The number of rotatable bonds is 9. The van der Waals surface area contributed by atoms with E-state index in [-0.39, 0.29) is 6.61 Å². The Kier molecular flexibility index (Phi) is 11.8. The van der Waals surface area contributed by atoms with Gasteiger partial charge in [0.1, 0.15) is 11.8 Å². The predicted molar refractivity (Wildman–Crippen MR) is 92.1 cm³/mol. The zero-order chi connectivity index (χ0) is 17.7. The summed E-state index contributed by atoms with van der Waals surface area (Å²) in [6.45, 7) is 2.34. The fourth-order valence-electron chi connectivity index (χ4n) is 1.55. The third-order valence-corrected chi connectivity index (χ3v) is 3.41. The van der Waals surface area contributed by atoms with Gasteiger partial charge in [0.15, 0.2) is 6.61 Å². The monoisotopic (exact) mass is 343 g/mol. The lowest BCUT2D eigenvalue weighted by Gasteiger charge is -2.21. The van der Waals surface area contributed by atoms with E-state index in [4.69, 9.17) is 21.4 Å². The first-order valence-corrected chi connectivity index (χ1v) is 8.50. The Balaban J connectivity index is 0.000000422. The van der Waals surface area contributed by atoms with Crippen molar-refractivity contribution in [2.45, 2.75) is 19.4 Å². The summed E-state index contributed by atoms with van der Waals surface area (Å²) in [5.74, 6) is 5.68. The molecule has 0 saturated heterocycles. The molecule has 1 atom stereocenters. The smallest absolute Gasteiger partial charge is 0.322 e. The third kappa shape index (κ3) is 10.6. The lowest BCUT2D eigenvalue weighted by molar-refractivity contribution is -0.143. The number of carboxylic acids is 1. The molecule has 0 heterocycles. The number of likely N-dealkylation sites (N-methyl/N-ethyl adjacent to an activating group) is 1. The first-order valence-electron chi connectivity index (χ1n) is 7.11. The molecule has 23 heavy (non-hydrogen) atoms. The molecule has 1 rings (SSSR count). The van der Waals surface area contributed by atoms with Gasteiger partial charge in [-0.25, -0.2) is 5.01 Å². The average Bonchev–Trinajstić information content (AvgIpc) is 2.54. The Morgan fingerprint density at radius 2 is 1.96 bits per heavy atom. The molecular formula is C15H25N3O4S. The molecule has 0 aromatic heterocycles. The maximum absolute atomic E-state index is 10.7. The first-order chi connectivity index (χ1) is 10.9. The van der Waals surface area contributed by atoms with Crippen molar-refractivity contribution in [3.8, 4) is 5.75 Å². The molecule has 1 aromatic rings. The van der Waals surface area contributed by atoms with E-state index in [1.165, 1.54) is 5.01 Å². The Hall–Kier alpha value is -1.77. The number of carboxylic acid groups (broad SMARTS) is 1. The maximum Gasteiger partial charge on any atom is 0.322 e. The van der Waals surface area contributed by atoms with Crippen molar-refractivity contribution in [3.63, 3.8) is 0 Å². The van der Waals surface area contributed by atoms with Gasteiger partial charge < -0.3 is 15.6 Å². The highest BCUT2D eigenvalue weighted by Crippen LogP contribution is 2.07. The molecule has 0 saturated carbocycles. The molecule has 0 aliphatic rings. The molecule has 0 aliphatic heterocycles. The molecule has 0 spiro atoms. The van der Waals surface area contributed by atoms with Crippen molar-refractivity contribution in [2.24, 2.45) is 11.6 Å². The van der Waals surface area contributed by atoms with Crippen LogP contribution in [-0.2, 0) is 9.59 Å². The Morgan fingerprint density at radius 1 is 1.35 bits per heavy atom. The van der Waals surface area contributed by atoms with E-state index in [1.807, 2.05) is 31.4 Å². The van der Waals surface area contributed by atoms with Crippen LogP contribution in [0.4, 0.5) is 0 Å². The summed E-state index contributed by atoms with van der Waals surface area (Å²) < 4.78 is 4.99. The highest BCUT2D eigenvalue weighted by atomic mass is 32.2. The second-order valence-electron chi connectivity index (χ2n) is 4.53. The van der Waals surface area contributed by atoms with Gasteiger partial charge >= 0.3 is 5.97 Å². The van der Waals surface area contributed by atoms with Crippen molar-refractivity contribution >= 4 is 23.6 Å². The summed E-state index contributed by atoms with van der Waals surface area (Å²) in [4.78, 5) is 20.9. The minimum atomic E-state index is -0.839. The van der Waals surface area contributed by atoms with Crippen LogP contribution in [0.2, 0.25) is 0 Å². The van der Waals surface area contributed by atoms with Gasteiger partial charge in [-0.15, -0.1) is 0 Å². The number of hydrazine groups is 1. The van der Waals surface area contributed by atoms with Crippen LogP contribution in [0, 0.1) is 0 Å². The third-order valence-electron chi connectivity index (χ3n) is 2.77. The first kappa shape index (κ1) is 21.2. The summed E-state index contributed by atoms with van der Waals surface area (Å²) in [7, 11) is 0. The van der Waals surface area contributed by atoms with Crippen molar-refractivity contribution < 1.29 is 19.4 Å². The van der Waals surface area contributed by atoms with E-state index < -0.39 is 17.9 Å². The molecule has 0 aliphatic carbocycles. The van der Waals surface area contributed by atoms with Crippen LogP contribution in [0.1, 0.15) is 13.3 Å². The lowest BCUT2D eigenvalue weighted by atomic mass is 10.2. The number of para-hydroxylation sites is 1. The number of thioether (sulfide) groups is 1. The molecular weight excluding hydrogens is 318 g/mol. The molecule has 5 N–H and O–H groups in total. The SMILES string of the molecule is CCN(N)C(CCSC)C(=O)O.NC(=O)COc1ccccc1. The quantitative estimate of drug-likeness (QED) is 0.451. The van der Waals surface area contributed by atoms with Crippen molar-refractivity contribution in [1.82, 2.24) is 5.01 Å². The highest BCUT2D eigenvalue weighted by molar-refractivity contribution is 7.98. The minimum absolute atomic E-state index is 0.0655. The standard InChI is InChI=1S/C8H9NO2.C7H16N2O2S/c9-8(10)6-11-7-4-2-1-3-5-7;1-3-9(8)6(7(10)11)4-5-12-2/h1-5H,6H2,(H2,9,10);6H,3-5,8H2,1-2H3,(H,10,11). The van der Waals surface area contributed by atoms with E-state index in [0.29, 0.717) is 18.7 Å². The molecule has 0 bridgehead atoms. The maximum atomic E-state index is 10.7. The number of carbonyl (C=O) groups excluding carboxylic acids is 1. The van der Waals surface area contributed by atoms with Crippen LogP contribution in [0.25, 0.3) is 0 Å². The number of ether oxygens (including phenoxy) is 1. The molecule has 0 fully saturated rings. The van der Waals surface area contributed by atoms with E-state index in [9.17, 15) is 9.59 Å². The Morgan fingerprint density at radius 3 is 2.39 bits per heavy atom. The summed E-state index contributed by atoms with van der Waals surface area (Å²) in [5, 5.41) is 10.1. The molecule has 7 nitrogen and oxygen atoms in total. The summed E-state index contributed by atoms with van der Waals surface area (Å²) in [5.41, 5.74) is 4.88. The summed E-state index contributed by atoms with van der Waals surface area (Å²) >= 11 is 1.63. The Bertz CT molecular complexity index is 459. The van der Waals surface area contributed by atoms with Crippen molar-refractivity contribution in [2.75, 3.05) is 25.2 Å². The summed E-state index contributed by atoms with van der Waals surface area (Å²) in [6, 6.07) is 8.53. The van der Waals surface area contributed by atoms with Crippen LogP contribution in [0.3, 0.4) is 0 Å². The number of aliphatic carboxylic acids is 1. The molecule has 1 unspecified atom stereocenters. The molecule has 8 heteroatoms. The number of nitrogens with zero attached hydrogens (tertiary/aromatic N) is 1. The fourth-order valence-corrected chi connectivity index (χ4v) is 2.01. The average molecular weight is 343 g/mol. The number of nitrogens with two attached hydrogens (primary N) is 2. The predicted octanol–water partition coefficient (Wildman–Crippen LogP) is 0.939. The van der Waals surface area contributed by atoms with Crippen LogP contribution in [0.5, 0.6) is 5.75 Å². The van der Waals surface area contributed by atoms with Crippen LogP contribution in [0.15, 0.2) is 30.3 Å². The largest absolute Gasteiger partial charge is 0.484 e. The van der Waals surface area contributed by atoms with E-state index in [0.717, 1.165) is 5.75 Å². The zero-order valence-corrected chi connectivity index (χ0v) is 14.3. The van der Waals surface area contributed by atoms with Gasteiger partial charge in [-0.2, -0.15) is 11.8 Å². The number of primary amides is 1. The van der Waals surface area contributed by atoms with Gasteiger partial charge in [0.2, 0.25) is 0 Å². The van der Waals surface area contributed by atoms with Gasteiger partial charge in [-0.3, -0.25) is 15.4 Å². The van der Waals surface area contributed by atoms with Crippen LogP contribution >= 0.6 is 11.8 Å². The highest BCUT2D eigenvalue weighted by Gasteiger charge is 2.20. The minimum Gasteiger partial charge on any atom is -0.484 e. The van der Waals surface area contributed by atoms with E-state index in [1.54, 1.807) is 23.9 Å². The summed E-state index contributed by atoms with van der Waals surface area (Å²) in [6.07, 6.45) is 2.55. The van der Waals surface area contributed by atoms with Gasteiger partial charge in [-0.05, 0) is 30.6 Å². The zero-order valence-electron chi connectivity index (χ0n) is 13.5. The fraction of sp³-hybridized carbons (Fsp3) is 0.467. The molecule has 1 aromatic carbocycles.